The molecular weight excluding hydrogens is 318 g/mol. The largest absolute Gasteiger partial charge is 0.389 e. The summed E-state index contributed by atoms with van der Waals surface area (Å²) in [6.45, 7) is 1.19. The van der Waals surface area contributed by atoms with E-state index in [0.29, 0.717) is 19.5 Å². The van der Waals surface area contributed by atoms with Crippen LogP contribution < -0.4 is 0 Å². The minimum Gasteiger partial charge on any atom is -0.389 e. The van der Waals surface area contributed by atoms with E-state index in [1.807, 2.05) is 35.2 Å². The number of carbonyl (C=O) groups excluding carboxylic acids is 1. The Bertz CT molecular complexity index is 720. The van der Waals surface area contributed by atoms with Crippen LogP contribution in [0.1, 0.15) is 43.7 Å². The topological polar surface area (TPSA) is 84.1 Å². The van der Waals surface area contributed by atoms with Crippen LogP contribution >= 0.6 is 0 Å². The summed E-state index contributed by atoms with van der Waals surface area (Å²) in [6, 6.07) is 9.03. The van der Waals surface area contributed by atoms with Crippen LogP contribution in [0.15, 0.2) is 36.7 Å². The Labute approximate surface area is 146 Å². The molecule has 1 aromatic heterocycles. The van der Waals surface area contributed by atoms with Gasteiger partial charge in [0.05, 0.1) is 5.60 Å². The third-order valence-corrected chi connectivity index (χ3v) is 5.72. The summed E-state index contributed by atoms with van der Waals surface area (Å²) < 4.78 is 1.51. The number of aromatic nitrogens is 4. The number of hydrogen-bond acceptors (Lipinski definition) is 5. The van der Waals surface area contributed by atoms with Gasteiger partial charge in [-0.1, -0.05) is 43.2 Å². The number of fused-ring (bicyclic) bond motifs is 1. The molecule has 1 aliphatic heterocycles. The van der Waals surface area contributed by atoms with Crippen LogP contribution in [0.5, 0.6) is 0 Å². The first kappa shape index (κ1) is 16.2. The molecule has 2 aromatic rings. The molecule has 2 aliphatic rings. The van der Waals surface area contributed by atoms with Crippen LogP contribution in [0.3, 0.4) is 0 Å². The fourth-order valence-corrected chi connectivity index (χ4v) is 4.27. The number of nitrogens with zero attached hydrogens (tertiary/aromatic N) is 5. The number of piperidine rings is 1. The van der Waals surface area contributed by atoms with E-state index in [2.05, 4.69) is 15.5 Å². The number of aliphatic hydroxyl groups is 1. The maximum atomic E-state index is 13.3. The van der Waals surface area contributed by atoms with E-state index in [4.69, 9.17) is 0 Å². The van der Waals surface area contributed by atoms with Crippen molar-refractivity contribution in [3.63, 3.8) is 0 Å². The molecule has 1 aliphatic carbocycles. The lowest BCUT2D eigenvalue weighted by Crippen LogP contribution is -2.55. The quantitative estimate of drug-likeness (QED) is 0.913. The Morgan fingerprint density at radius 3 is 2.84 bits per heavy atom. The van der Waals surface area contributed by atoms with Gasteiger partial charge in [-0.3, -0.25) is 4.79 Å². The number of rotatable bonds is 3. The standard InChI is InChI=1S/C18H23N5O2/c24-17(22-11-10-18(25)9-5-4-8-15(18)12-22)16(23-13-19-20-21-23)14-6-2-1-3-7-14/h1-3,6-7,13,15-16,25H,4-5,8-12H2/t15-,16+,18+/m1/s1. The van der Waals surface area contributed by atoms with E-state index < -0.39 is 11.6 Å². The second-order valence-electron chi connectivity index (χ2n) is 7.18. The summed E-state index contributed by atoms with van der Waals surface area (Å²) in [5, 5.41) is 22.2. The van der Waals surface area contributed by atoms with Gasteiger partial charge >= 0.3 is 0 Å². The fourth-order valence-electron chi connectivity index (χ4n) is 4.27. The average molecular weight is 341 g/mol. The Morgan fingerprint density at radius 2 is 2.08 bits per heavy atom. The molecule has 2 fully saturated rings. The van der Waals surface area contributed by atoms with Gasteiger partial charge in [0, 0.05) is 19.0 Å². The van der Waals surface area contributed by atoms with Gasteiger partial charge in [-0.25, -0.2) is 4.68 Å². The third-order valence-electron chi connectivity index (χ3n) is 5.72. The molecule has 7 nitrogen and oxygen atoms in total. The lowest BCUT2D eigenvalue weighted by atomic mass is 9.71. The molecule has 0 radical (unpaired) electrons. The van der Waals surface area contributed by atoms with E-state index in [1.165, 1.54) is 11.0 Å². The third kappa shape index (κ3) is 3.04. The molecule has 4 rings (SSSR count). The van der Waals surface area contributed by atoms with Crippen molar-refractivity contribution in [2.45, 2.75) is 43.7 Å². The minimum atomic E-state index is -0.591. The van der Waals surface area contributed by atoms with Gasteiger partial charge < -0.3 is 10.0 Å². The van der Waals surface area contributed by atoms with E-state index in [9.17, 15) is 9.90 Å². The van der Waals surface area contributed by atoms with E-state index in [0.717, 1.165) is 31.2 Å². The average Bonchev–Trinajstić information content (AvgIpc) is 3.16. The number of benzene rings is 1. The smallest absolute Gasteiger partial charge is 0.252 e. The summed E-state index contributed by atoms with van der Waals surface area (Å²) >= 11 is 0. The summed E-state index contributed by atoms with van der Waals surface area (Å²) in [6.07, 6.45) is 6.19. The molecule has 2 heterocycles. The van der Waals surface area contributed by atoms with Crippen molar-refractivity contribution in [1.29, 1.82) is 0 Å². The number of tetrazole rings is 1. The second-order valence-corrected chi connectivity index (χ2v) is 7.18. The first-order valence-corrected chi connectivity index (χ1v) is 8.96. The van der Waals surface area contributed by atoms with Gasteiger partial charge in [0.15, 0.2) is 6.04 Å². The number of carbonyl (C=O) groups is 1. The predicted molar refractivity (Wildman–Crippen MR) is 90.5 cm³/mol. The summed E-state index contributed by atoms with van der Waals surface area (Å²) in [4.78, 5) is 15.2. The van der Waals surface area contributed by atoms with Crippen molar-refractivity contribution in [2.24, 2.45) is 5.92 Å². The predicted octanol–water partition coefficient (Wildman–Crippen LogP) is 1.42. The Balaban J connectivity index is 1.59. The zero-order chi connectivity index (χ0) is 17.3. The first-order chi connectivity index (χ1) is 12.2. The molecule has 0 bridgehead atoms. The van der Waals surface area contributed by atoms with Crippen molar-refractivity contribution in [2.75, 3.05) is 13.1 Å². The zero-order valence-electron chi connectivity index (χ0n) is 14.2. The number of hydrogen-bond donors (Lipinski definition) is 1. The zero-order valence-corrected chi connectivity index (χ0v) is 14.2. The number of amides is 1. The van der Waals surface area contributed by atoms with Gasteiger partial charge in [0.25, 0.3) is 5.91 Å². The lowest BCUT2D eigenvalue weighted by molar-refractivity contribution is -0.145. The van der Waals surface area contributed by atoms with Crippen molar-refractivity contribution in [1.82, 2.24) is 25.1 Å². The summed E-state index contributed by atoms with van der Waals surface area (Å²) in [7, 11) is 0. The van der Waals surface area contributed by atoms with Gasteiger partial charge in [-0.05, 0) is 35.3 Å². The molecule has 3 atom stereocenters. The van der Waals surface area contributed by atoms with Gasteiger partial charge in [0.2, 0.25) is 0 Å². The van der Waals surface area contributed by atoms with Crippen LogP contribution in [-0.2, 0) is 4.79 Å². The molecule has 7 heteroatoms. The van der Waals surface area contributed by atoms with Crippen LogP contribution in [0.25, 0.3) is 0 Å². The fraction of sp³-hybridized carbons (Fsp3) is 0.556. The van der Waals surface area contributed by atoms with Crippen molar-refractivity contribution >= 4 is 5.91 Å². The number of likely N-dealkylation sites (tertiary alicyclic amines) is 1. The van der Waals surface area contributed by atoms with E-state index in [1.54, 1.807) is 0 Å². The van der Waals surface area contributed by atoms with Crippen molar-refractivity contribution in [3.05, 3.63) is 42.2 Å². The summed E-state index contributed by atoms with van der Waals surface area (Å²) in [5.74, 6) is 0.162. The van der Waals surface area contributed by atoms with Gasteiger partial charge in [-0.15, -0.1) is 5.10 Å². The Kier molecular flexibility index (Phi) is 4.25. The normalized spacial score (nSPS) is 27.6. The Hall–Kier alpha value is -2.28. The first-order valence-electron chi connectivity index (χ1n) is 8.96. The van der Waals surface area contributed by atoms with Gasteiger partial charge in [0.1, 0.15) is 6.33 Å². The highest BCUT2D eigenvalue weighted by atomic mass is 16.3. The van der Waals surface area contributed by atoms with Crippen LogP contribution in [0.2, 0.25) is 0 Å². The van der Waals surface area contributed by atoms with Crippen LogP contribution in [0.4, 0.5) is 0 Å². The minimum absolute atomic E-state index is 0.00822. The van der Waals surface area contributed by atoms with E-state index in [-0.39, 0.29) is 11.8 Å². The molecular formula is C18H23N5O2. The Morgan fingerprint density at radius 1 is 1.24 bits per heavy atom. The highest BCUT2D eigenvalue weighted by molar-refractivity contribution is 5.83. The van der Waals surface area contributed by atoms with Crippen molar-refractivity contribution in [3.8, 4) is 0 Å². The maximum absolute atomic E-state index is 13.3. The molecule has 1 amide bonds. The van der Waals surface area contributed by atoms with Crippen LogP contribution in [-0.4, -0.2) is 54.8 Å². The molecule has 1 saturated heterocycles. The van der Waals surface area contributed by atoms with Crippen LogP contribution in [0, 0.1) is 5.92 Å². The molecule has 1 saturated carbocycles. The second kappa shape index (κ2) is 6.55. The summed E-state index contributed by atoms with van der Waals surface area (Å²) in [5.41, 5.74) is 0.274. The monoisotopic (exact) mass is 341 g/mol. The SMILES string of the molecule is O=C([C@H](c1ccccc1)n1cnnn1)N1CC[C@@]2(O)CCCC[C@@H]2C1. The molecule has 25 heavy (non-hydrogen) atoms. The van der Waals surface area contributed by atoms with E-state index >= 15 is 0 Å². The molecule has 0 spiro atoms. The molecule has 132 valence electrons. The maximum Gasteiger partial charge on any atom is 0.252 e. The van der Waals surface area contributed by atoms with Crippen molar-refractivity contribution < 1.29 is 9.90 Å². The lowest BCUT2D eigenvalue weighted by Gasteiger charge is -2.47. The van der Waals surface area contributed by atoms with Gasteiger partial charge in [-0.2, -0.15) is 0 Å². The molecule has 1 aromatic carbocycles. The molecule has 1 N–H and O–H groups in total. The molecule has 0 unspecified atom stereocenters. The highest BCUT2D eigenvalue weighted by Gasteiger charge is 2.44. The highest BCUT2D eigenvalue weighted by Crippen LogP contribution is 2.40.